The van der Waals surface area contributed by atoms with Crippen molar-refractivity contribution >= 4 is 47.4 Å². The summed E-state index contributed by atoms with van der Waals surface area (Å²) in [6.07, 6.45) is -0.691. The molecule has 19 N–H and O–H groups in total. The van der Waals surface area contributed by atoms with Crippen molar-refractivity contribution in [2.75, 3.05) is 32.8 Å². The molecule has 0 saturated carbocycles. The molecule has 0 unspecified atom stereocenters. The SMILES string of the molecule is NCC[C@@H](O)[C@H](N)CC(=O)N[C@H]1CNC(=O)[C@H]([C@H]2CCNC(N)=N2)NC(=O)C(=CNC(N)=O)NC(=O)[C@H](CO)NC(=O)[C@H](CO)NC1=O. The first-order valence-corrected chi connectivity index (χ1v) is 14.7. The fraction of sp³-hybridized carbons (Fsp3) is 0.600. The van der Waals surface area contributed by atoms with Crippen molar-refractivity contribution in [2.45, 2.75) is 61.6 Å². The lowest BCUT2D eigenvalue weighted by atomic mass is 10.0. The number of hydrogen-bond acceptors (Lipinski definition) is 15. The zero-order chi connectivity index (χ0) is 36.0. The van der Waals surface area contributed by atoms with Crippen molar-refractivity contribution in [2.24, 2.45) is 27.9 Å². The number of nitrogens with two attached hydrogens (primary N) is 4. The fourth-order valence-electron chi connectivity index (χ4n) is 4.40. The van der Waals surface area contributed by atoms with Crippen LogP contribution in [0.25, 0.3) is 0 Å². The number of rotatable bonds is 10. The topological polar surface area (TPSA) is 393 Å². The Morgan fingerprint density at radius 3 is 2.23 bits per heavy atom. The van der Waals surface area contributed by atoms with Crippen molar-refractivity contribution in [3.05, 3.63) is 11.9 Å². The van der Waals surface area contributed by atoms with Gasteiger partial charge in [0.1, 0.15) is 29.9 Å². The summed E-state index contributed by atoms with van der Waals surface area (Å²) in [4.78, 5) is 94.4. The summed E-state index contributed by atoms with van der Waals surface area (Å²) in [7, 11) is 0. The predicted molar refractivity (Wildman–Crippen MR) is 164 cm³/mol. The van der Waals surface area contributed by atoms with Crippen LogP contribution in [0.3, 0.4) is 0 Å². The highest BCUT2D eigenvalue weighted by atomic mass is 16.3. The van der Waals surface area contributed by atoms with Crippen molar-refractivity contribution in [3.63, 3.8) is 0 Å². The smallest absolute Gasteiger partial charge is 0.316 e. The maximum absolute atomic E-state index is 13.5. The number of guanidine groups is 1. The number of aliphatic hydroxyl groups excluding tert-OH is 3. The van der Waals surface area contributed by atoms with Gasteiger partial charge in [0.05, 0.1) is 25.4 Å². The summed E-state index contributed by atoms with van der Waals surface area (Å²) >= 11 is 0. The van der Waals surface area contributed by atoms with Crippen LogP contribution in [-0.4, -0.2) is 138 Å². The highest BCUT2D eigenvalue weighted by molar-refractivity contribution is 6.02. The van der Waals surface area contributed by atoms with Crippen LogP contribution >= 0.6 is 0 Å². The van der Waals surface area contributed by atoms with Gasteiger partial charge >= 0.3 is 6.03 Å². The van der Waals surface area contributed by atoms with E-state index in [1.54, 1.807) is 0 Å². The maximum Gasteiger partial charge on any atom is 0.316 e. The van der Waals surface area contributed by atoms with E-state index in [2.05, 4.69) is 42.2 Å². The first kappa shape index (κ1) is 39.1. The molecule has 2 aliphatic rings. The van der Waals surface area contributed by atoms with Gasteiger partial charge in [-0.2, -0.15) is 0 Å². The second-order valence-electron chi connectivity index (χ2n) is 10.7. The third-order valence-corrected chi connectivity index (χ3v) is 7.01. The number of nitrogens with zero attached hydrogens (tertiary/aromatic N) is 1. The van der Waals surface area contributed by atoms with Crippen LogP contribution in [0.5, 0.6) is 0 Å². The molecule has 0 bridgehead atoms. The summed E-state index contributed by atoms with van der Waals surface area (Å²) in [6.45, 7) is -2.38. The van der Waals surface area contributed by atoms with Crippen molar-refractivity contribution < 1.29 is 48.9 Å². The van der Waals surface area contributed by atoms with E-state index in [9.17, 15) is 48.9 Å². The van der Waals surface area contributed by atoms with Gasteiger partial charge in [-0.05, 0) is 19.4 Å². The Kier molecular flexibility index (Phi) is 15.4. The number of amides is 8. The van der Waals surface area contributed by atoms with E-state index < -0.39 is 116 Å². The molecular formula is C25H43N13O10. The number of carbonyl (C=O) groups excluding carboxylic acids is 7. The quantitative estimate of drug-likeness (QED) is 0.0950. The summed E-state index contributed by atoms with van der Waals surface area (Å²) in [5.74, 6) is -6.47. The second-order valence-corrected chi connectivity index (χ2v) is 10.7. The molecule has 2 aliphatic heterocycles. The summed E-state index contributed by atoms with van der Waals surface area (Å²) in [5.41, 5.74) is 21.4. The van der Waals surface area contributed by atoms with Crippen LogP contribution in [0.1, 0.15) is 19.3 Å². The molecule has 268 valence electrons. The highest BCUT2D eigenvalue weighted by Crippen LogP contribution is 2.10. The molecule has 1 fully saturated rings. The first-order chi connectivity index (χ1) is 22.7. The minimum absolute atomic E-state index is 0.0610. The molecule has 1 saturated heterocycles. The Balaban J connectivity index is 2.53. The van der Waals surface area contributed by atoms with Crippen LogP contribution in [0.4, 0.5) is 4.79 Å². The van der Waals surface area contributed by atoms with Gasteiger partial charge in [0.2, 0.25) is 29.5 Å². The molecule has 0 aromatic rings. The van der Waals surface area contributed by atoms with Gasteiger partial charge in [-0.1, -0.05) is 0 Å². The van der Waals surface area contributed by atoms with Gasteiger partial charge in [0.15, 0.2) is 5.96 Å². The van der Waals surface area contributed by atoms with Crippen LogP contribution in [0, 0.1) is 0 Å². The Bertz CT molecular complexity index is 1280. The molecule has 0 spiro atoms. The van der Waals surface area contributed by atoms with Crippen LogP contribution in [0.15, 0.2) is 16.9 Å². The van der Waals surface area contributed by atoms with Crippen LogP contribution in [0.2, 0.25) is 0 Å². The largest absolute Gasteiger partial charge is 0.394 e. The number of urea groups is 1. The van der Waals surface area contributed by atoms with E-state index in [4.69, 9.17) is 22.9 Å². The molecular weight excluding hydrogens is 642 g/mol. The molecule has 7 atom stereocenters. The fourth-order valence-corrected chi connectivity index (χ4v) is 4.40. The van der Waals surface area contributed by atoms with Gasteiger partial charge in [0.25, 0.3) is 5.91 Å². The molecule has 0 aromatic heterocycles. The highest BCUT2D eigenvalue weighted by Gasteiger charge is 2.36. The molecule has 2 rings (SSSR count). The van der Waals surface area contributed by atoms with Crippen LogP contribution in [-0.2, 0) is 28.8 Å². The number of nitrogens with one attached hydrogen (secondary N) is 8. The molecule has 0 aliphatic carbocycles. The third kappa shape index (κ3) is 11.9. The maximum atomic E-state index is 13.5. The van der Waals surface area contributed by atoms with E-state index in [1.165, 1.54) is 0 Å². The molecule has 2 heterocycles. The zero-order valence-corrected chi connectivity index (χ0v) is 25.7. The molecule has 23 nitrogen and oxygen atoms in total. The first-order valence-electron chi connectivity index (χ1n) is 14.7. The van der Waals surface area contributed by atoms with Gasteiger partial charge in [0, 0.05) is 31.8 Å². The average Bonchev–Trinajstić information content (AvgIpc) is 3.03. The lowest BCUT2D eigenvalue weighted by Crippen LogP contribution is -2.62. The Labute approximate surface area is 273 Å². The second kappa shape index (κ2) is 18.9. The Morgan fingerprint density at radius 1 is 0.979 bits per heavy atom. The summed E-state index contributed by atoms with van der Waals surface area (Å²) < 4.78 is 0. The van der Waals surface area contributed by atoms with E-state index in [0.29, 0.717) is 6.20 Å². The van der Waals surface area contributed by atoms with E-state index in [-0.39, 0.29) is 31.9 Å². The number of aliphatic imine (C=N–C) groups is 1. The van der Waals surface area contributed by atoms with E-state index in [1.807, 2.05) is 5.32 Å². The zero-order valence-electron chi connectivity index (χ0n) is 25.7. The predicted octanol–water partition coefficient (Wildman–Crippen LogP) is -9.23. The van der Waals surface area contributed by atoms with Gasteiger partial charge in [-0.3, -0.25) is 28.8 Å². The van der Waals surface area contributed by atoms with E-state index >= 15 is 0 Å². The van der Waals surface area contributed by atoms with Crippen molar-refractivity contribution in [3.8, 4) is 0 Å². The van der Waals surface area contributed by atoms with Crippen molar-refractivity contribution in [1.82, 2.24) is 42.5 Å². The van der Waals surface area contributed by atoms with Gasteiger partial charge in [-0.25, -0.2) is 9.79 Å². The number of primary amides is 1. The Morgan fingerprint density at radius 2 is 1.62 bits per heavy atom. The van der Waals surface area contributed by atoms with Gasteiger partial charge in [-0.15, -0.1) is 0 Å². The number of aliphatic hydroxyl groups is 3. The molecule has 0 aromatic carbocycles. The monoisotopic (exact) mass is 685 g/mol. The lowest BCUT2D eigenvalue weighted by Gasteiger charge is -2.29. The van der Waals surface area contributed by atoms with E-state index in [0.717, 1.165) is 0 Å². The lowest BCUT2D eigenvalue weighted by molar-refractivity contribution is -0.135. The standard InChI is InChI=1S/C25H43N13O10/c26-3-1-16(41)10(27)5-17(42)33-12-6-31-23(47)18(11-2-4-30-24(28)37-11)38-20(44)13(7-32-25(29)48)34-21(45)14(8-39)36-22(46)15(9-40)35-19(12)43/h7,10-12,14-16,18,39-41H,1-6,8-9,26-27H2,(H,31,47)(H,33,42)(H,34,45)(H,35,43)(H,36,46)(H,38,44)(H3,28,30,37)(H3,29,32,48)/t10-,11-,12+,14+,15+,16-,18+/m1/s1. The minimum atomic E-state index is -1.77. The average molecular weight is 686 g/mol. The normalized spacial score (nSPS) is 26.7. The molecule has 23 heteroatoms. The minimum Gasteiger partial charge on any atom is -0.394 e. The van der Waals surface area contributed by atoms with Crippen molar-refractivity contribution in [1.29, 1.82) is 0 Å². The molecule has 8 amide bonds. The van der Waals surface area contributed by atoms with Gasteiger partial charge < -0.3 is 80.8 Å². The third-order valence-electron chi connectivity index (χ3n) is 7.01. The number of hydrogen-bond donors (Lipinski definition) is 15. The summed E-state index contributed by atoms with van der Waals surface area (Å²) in [6, 6.07) is -9.89. The molecule has 48 heavy (non-hydrogen) atoms. The van der Waals surface area contributed by atoms with Crippen LogP contribution < -0.4 is 65.5 Å². The number of carbonyl (C=O) groups is 7. The Hall–Kier alpha value is -5.10. The summed E-state index contributed by atoms with van der Waals surface area (Å²) in [5, 5.41) is 48.0. The molecule has 0 radical (unpaired) electrons.